The summed E-state index contributed by atoms with van der Waals surface area (Å²) in [5.41, 5.74) is 5.57. The van der Waals surface area contributed by atoms with E-state index in [4.69, 9.17) is 0 Å². The molecule has 0 N–H and O–H groups in total. The lowest BCUT2D eigenvalue weighted by atomic mass is 9.94. The molecule has 86 valence electrons. The third-order valence-electron chi connectivity index (χ3n) is 3.10. The number of aryl methyl sites for hydroxylation is 1. The van der Waals surface area contributed by atoms with Gasteiger partial charge in [-0.15, -0.1) is 6.58 Å². The summed E-state index contributed by atoms with van der Waals surface area (Å²) in [6, 6.07) is 17.1. The van der Waals surface area contributed by atoms with Gasteiger partial charge in [-0.25, -0.2) is 0 Å². The first-order valence-electron chi connectivity index (χ1n) is 6.03. The molecule has 0 spiro atoms. The van der Waals surface area contributed by atoms with Gasteiger partial charge in [-0.05, 0) is 42.0 Å². The Hall–Kier alpha value is -1.82. The van der Waals surface area contributed by atoms with Gasteiger partial charge in [-0.3, -0.25) is 0 Å². The second kappa shape index (κ2) is 5.49. The van der Waals surface area contributed by atoms with Crippen molar-refractivity contribution in [3.8, 4) is 0 Å². The minimum atomic E-state index is 0.948. The van der Waals surface area contributed by atoms with Gasteiger partial charge in [0.15, 0.2) is 0 Å². The predicted molar refractivity (Wildman–Crippen MR) is 74.3 cm³/mol. The van der Waals surface area contributed by atoms with E-state index in [0.29, 0.717) is 0 Å². The molecule has 0 saturated heterocycles. The molecular formula is C17H18. The fourth-order valence-electron chi connectivity index (χ4n) is 2.16. The van der Waals surface area contributed by atoms with Gasteiger partial charge in [0, 0.05) is 0 Å². The fourth-order valence-corrected chi connectivity index (χ4v) is 2.16. The lowest BCUT2D eigenvalue weighted by Crippen LogP contribution is -1.98. The molecule has 0 aliphatic heterocycles. The topological polar surface area (TPSA) is 0 Å². The molecule has 0 amide bonds. The molecule has 0 fully saturated rings. The normalized spacial score (nSPS) is 10.2. The van der Waals surface area contributed by atoms with Crippen molar-refractivity contribution in [3.05, 3.63) is 83.4 Å². The maximum Gasteiger partial charge on any atom is -0.00203 e. The number of hydrogen-bond acceptors (Lipinski definition) is 0. The van der Waals surface area contributed by atoms with Crippen LogP contribution in [0, 0.1) is 6.92 Å². The zero-order chi connectivity index (χ0) is 12.1. The molecule has 0 atom stereocenters. The Morgan fingerprint density at radius 1 is 1.00 bits per heavy atom. The highest BCUT2D eigenvalue weighted by molar-refractivity contribution is 5.39. The number of rotatable bonds is 4. The van der Waals surface area contributed by atoms with E-state index in [1.54, 1.807) is 0 Å². The Balaban J connectivity index is 2.34. The van der Waals surface area contributed by atoms with Gasteiger partial charge in [0.05, 0.1) is 0 Å². The Morgan fingerprint density at radius 3 is 2.47 bits per heavy atom. The van der Waals surface area contributed by atoms with Crippen LogP contribution in [0.5, 0.6) is 0 Å². The lowest BCUT2D eigenvalue weighted by Gasteiger charge is -2.11. The second-order valence-electron chi connectivity index (χ2n) is 4.37. The molecule has 0 aromatic heterocycles. The summed E-state index contributed by atoms with van der Waals surface area (Å²) in [6.45, 7) is 6.02. The Morgan fingerprint density at radius 2 is 1.76 bits per heavy atom. The first kappa shape index (κ1) is 11.7. The molecule has 0 heterocycles. The molecule has 0 aliphatic carbocycles. The van der Waals surface area contributed by atoms with E-state index in [9.17, 15) is 0 Å². The van der Waals surface area contributed by atoms with Crippen molar-refractivity contribution < 1.29 is 0 Å². The van der Waals surface area contributed by atoms with Crippen molar-refractivity contribution in [2.24, 2.45) is 0 Å². The van der Waals surface area contributed by atoms with Crippen LogP contribution in [0.3, 0.4) is 0 Å². The van der Waals surface area contributed by atoms with Gasteiger partial charge in [-0.1, -0.05) is 54.6 Å². The minimum Gasteiger partial charge on any atom is -0.103 e. The summed E-state index contributed by atoms with van der Waals surface area (Å²) in [5, 5.41) is 0. The highest BCUT2D eigenvalue weighted by Gasteiger charge is 2.05. The zero-order valence-corrected chi connectivity index (χ0v) is 10.3. The molecule has 2 aromatic carbocycles. The Bertz CT molecular complexity index is 495. The van der Waals surface area contributed by atoms with E-state index in [0.717, 1.165) is 12.8 Å². The van der Waals surface area contributed by atoms with E-state index < -0.39 is 0 Å². The van der Waals surface area contributed by atoms with E-state index in [1.807, 2.05) is 6.08 Å². The fraction of sp³-hybridized carbons (Fsp3) is 0.176. The Kier molecular flexibility index (Phi) is 3.77. The van der Waals surface area contributed by atoms with Crippen molar-refractivity contribution in [1.82, 2.24) is 0 Å². The average Bonchev–Trinajstić information content (AvgIpc) is 2.35. The van der Waals surface area contributed by atoms with Gasteiger partial charge in [-0.2, -0.15) is 0 Å². The van der Waals surface area contributed by atoms with Gasteiger partial charge in [0.1, 0.15) is 0 Å². The number of benzene rings is 2. The van der Waals surface area contributed by atoms with E-state index in [2.05, 4.69) is 62.0 Å². The van der Waals surface area contributed by atoms with E-state index in [1.165, 1.54) is 22.3 Å². The van der Waals surface area contributed by atoms with Gasteiger partial charge >= 0.3 is 0 Å². The molecule has 0 bridgehead atoms. The van der Waals surface area contributed by atoms with Crippen LogP contribution in [0.25, 0.3) is 0 Å². The number of hydrogen-bond donors (Lipinski definition) is 0. The van der Waals surface area contributed by atoms with Crippen LogP contribution in [0.1, 0.15) is 22.3 Å². The quantitative estimate of drug-likeness (QED) is 0.676. The summed E-state index contributed by atoms with van der Waals surface area (Å²) in [7, 11) is 0. The molecule has 2 aromatic rings. The van der Waals surface area contributed by atoms with Crippen molar-refractivity contribution in [3.63, 3.8) is 0 Å². The summed E-state index contributed by atoms with van der Waals surface area (Å²) in [6.07, 6.45) is 3.93. The van der Waals surface area contributed by atoms with Crippen LogP contribution >= 0.6 is 0 Å². The second-order valence-corrected chi connectivity index (χ2v) is 4.37. The molecule has 0 aliphatic rings. The molecule has 0 radical (unpaired) electrons. The van der Waals surface area contributed by atoms with Crippen molar-refractivity contribution >= 4 is 0 Å². The molecular weight excluding hydrogens is 204 g/mol. The maximum atomic E-state index is 3.83. The third kappa shape index (κ3) is 2.85. The van der Waals surface area contributed by atoms with Crippen molar-refractivity contribution in [1.29, 1.82) is 0 Å². The van der Waals surface area contributed by atoms with Gasteiger partial charge in [0.2, 0.25) is 0 Å². The van der Waals surface area contributed by atoms with Crippen LogP contribution in [-0.4, -0.2) is 0 Å². The smallest absolute Gasteiger partial charge is 0.00203 e. The van der Waals surface area contributed by atoms with E-state index in [-0.39, 0.29) is 0 Å². The standard InChI is InChI=1S/C17H18/c1-3-8-16-12-7-9-14(2)17(16)13-15-10-5-4-6-11-15/h3-7,9-12H,1,8,13H2,2H3. The van der Waals surface area contributed by atoms with Crippen LogP contribution < -0.4 is 0 Å². The zero-order valence-electron chi connectivity index (χ0n) is 10.3. The van der Waals surface area contributed by atoms with Crippen LogP contribution in [-0.2, 0) is 12.8 Å². The lowest BCUT2D eigenvalue weighted by molar-refractivity contribution is 1.09. The monoisotopic (exact) mass is 222 g/mol. The molecule has 0 saturated carbocycles. The van der Waals surface area contributed by atoms with E-state index >= 15 is 0 Å². The average molecular weight is 222 g/mol. The predicted octanol–water partition coefficient (Wildman–Crippen LogP) is 4.31. The maximum absolute atomic E-state index is 3.83. The van der Waals surface area contributed by atoms with Crippen LogP contribution in [0.2, 0.25) is 0 Å². The summed E-state index contributed by atoms with van der Waals surface area (Å²) in [5.74, 6) is 0. The highest BCUT2D eigenvalue weighted by Crippen LogP contribution is 2.19. The molecule has 0 unspecified atom stereocenters. The molecule has 0 heteroatoms. The highest BCUT2D eigenvalue weighted by atomic mass is 14.1. The minimum absolute atomic E-state index is 0.948. The molecule has 2 rings (SSSR count). The first-order chi connectivity index (χ1) is 8.31. The summed E-state index contributed by atoms with van der Waals surface area (Å²) < 4.78 is 0. The van der Waals surface area contributed by atoms with Gasteiger partial charge < -0.3 is 0 Å². The molecule has 17 heavy (non-hydrogen) atoms. The number of allylic oxidation sites excluding steroid dienone is 1. The van der Waals surface area contributed by atoms with Gasteiger partial charge in [0.25, 0.3) is 0 Å². The summed E-state index contributed by atoms with van der Waals surface area (Å²) >= 11 is 0. The third-order valence-corrected chi connectivity index (χ3v) is 3.10. The first-order valence-corrected chi connectivity index (χ1v) is 6.03. The van der Waals surface area contributed by atoms with Crippen LogP contribution in [0.15, 0.2) is 61.2 Å². The Labute approximate surface area is 104 Å². The van der Waals surface area contributed by atoms with Crippen LogP contribution in [0.4, 0.5) is 0 Å². The molecule has 0 nitrogen and oxygen atoms in total. The van der Waals surface area contributed by atoms with Crippen molar-refractivity contribution in [2.45, 2.75) is 19.8 Å². The van der Waals surface area contributed by atoms with Crippen molar-refractivity contribution in [2.75, 3.05) is 0 Å². The largest absolute Gasteiger partial charge is 0.103 e. The SMILES string of the molecule is C=CCc1cccc(C)c1Cc1ccccc1. The summed E-state index contributed by atoms with van der Waals surface area (Å²) in [4.78, 5) is 0.